The molecule has 0 bridgehead atoms. The molecule has 0 aromatic heterocycles. The molecule has 1 aliphatic rings. The van der Waals surface area contributed by atoms with Crippen LogP contribution in [0.25, 0.3) is 0 Å². The Hall–Kier alpha value is -2.00. The smallest absolute Gasteiger partial charge is 0.132 e. The van der Waals surface area contributed by atoms with Crippen LogP contribution in [-0.4, -0.2) is 16.8 Å². The number of rotatable bonds is 4. The summed E-state index contributed by atoms with van der Waals surface area (Å²) in [5.74, 6) is 1.89. The van der Waals surface area contributed by atoms with E-state index >= 15 is 0 Å². The molecule has 2 aromatic carbocycles. The van der Waals surface area contributed by atoms with Gasteiger partial charge in [0.05, 0.1) is 6.10 Å². The highest BCUT2D eigenvalue weighted by Gasteiger charge is 2.38. The van der Waals surface area contributed by atoms with Crippen molar-refractivity contribution in [1.29, 1.82) is 0 Å². The molecule has 2 atom stereocenters. The molecule has 0 fully saturated rings. The van der Waals surface area contributed by atoms with E-state index in [0.29, 0.717) is 6.61 Å². The molecule has 0 spiro atoms. The Bertz CT molecular complexity index is 765. The van der Waals surface area contributed by atoms with Gasteiger partial charge < -0.3 is 14.6 Å². The van der Waals surface area contributed by atoms with Gasteiger partial charge in [-0.2, -0.15) is 0 Å². The van der Waals surface area contributed by atoms with E-state index in [1.165, 1.54) is 5.56 Å². The van der Waals surface area contributed by atoms with E-state index in [1.54, 1.807) is 6.92 Å². The molecule has 25 heavy (non-hydrogen) atoms. The summed E-state index contributed by atoms with van der Waals surface area (Å²) in [7, 11) is 0. The fourth-order valence-electron chi connectivity index (χ4n) is 3.49. The first-order valence-electron chi connectivity index (χ1n) is 9.00. The molecule has 0 saturated heterocycles. The van der Waals surface area contributed by atoms with Crippen molar-refractivity contribution in [3.63, 3.8) is 0 Å². The molecule has 0 amide bonds. The quantitative estimate of drug-likeness (QED) is 0.880. The molecule has 1 heterocycles. The van der Waals surface area contributed by atoms with Crippen molar-refractivity contribution in [3.8, 4) is 11.5 Å². The van der Waals surface area contributed by atoms with Crippen LogP contribution >= 0.6 is 0 Å². The molecule has 2 aromatic rings. The van der Waals surface area contributed by atoms with Gasteiger partial charge in [0.1, 0.15) is 23.7 Å². The minimum atomic E-state index is -0.525. The van der Waals surface area contributed by atoms with Crippen LogP contribution in [0.4, 0.5) is 0 Å². The third-order valence-corrected chi connectivity index (χ3v) is 5.63. The van der Waals surface area contributed by atoms with Gasteiger partial charge in [0.25, 0.3) is 0 Å². The molecule has 0 aliphatic carbocycles. The highest BCUT2D eigenvalue weighted by Crippen LogP contribution is 2.44. The first-order chi connectivity index (χ1) is 11.8. The van der Waals surface area contributed by atoms with E-state index in [9.17, 15) is 5.11 Å². The molecule has 134 valence electrons. The average molecular weight is 340 g/mol. The molecule has 0 saturated carbocycles. The van der Waals surface area contributed by atoms with E-state index in [1.807, 2.05) is 25.1 Å². The zero-order chi connectivity index (χ0) is 18.2. The average Bonchev–Trinajstić information content (AvgIpc) is 2.60. The highest BCUT2D eigenvalue weighted by molar-refractivity contribution is 5.59. The molecule has 1 N–H and O–H groups in total. The van der Waals surface area contributed by atoms with Crippen LogP contribution in [0, 0.1) is 20.8 Å². The van der Waals surface area contributed by atoms with Crippen LogP contribution in [0.1, 0.15) is 48.1 Å². The normalized spacial score (nSPS) is 20.6. The molecule has 2 unspecified atom stereocenters. The second-order valence-electron chi connectivity index (χ2n) is 7.38. The number of aliphatic hydroxyl groups excluding tert-OH is 1. The van der Waals surface area contributed by atoms with Gasteiger partial charge >= 0.3 is 0 Å². The van der Waals surface area contributed by atoms with Gasteiger partial charge in [-0.25, -0.2) is 0 Å². The second kappa shape index (κ2) is 6.72. The van der Waals surface area contributed by atoms with Crippen LogP contribution < -0.4 is 9.47 Å². The lowest BCUT2D eigenvalue weighted by Gasteiger charge is -2.40. The number of aliphatic hydroxyl groups is 1. The van der Waals surface area contributed by atoms with Crippen molar-refractivity contribution in [2.75, 3.05) is 0 Å². The molecule has 1 aliphatic heterocycles. The lowest BCUT2D eigenvalue weighted by Crippen LogP contribution is -2.46. The second-order valence-corrected chi connectivity index (χ2v) is 7.38. The fourth-order valence-corrected chi connectivity index (χ4v) is 3.49. The van der Waals surface area contributed by atoms with Crippen molar-refractivity contribution in [2.45, 2.75) is 65.8 Å². The zero-order valence-corrected chi connectivity index (χ0v) is 15.8. The number of ether oxygens (including phenoxy) is 2. The molecular weight excluding hydrogens is 312 g/mol. The largest absolute Gasteiger partial charge is 0.488 e. The van der Waals surface area contributed by atoms with Gasteiger partial charge in [-0.3, -0.25) is 0 Å². The molecule has 0 radical (unpaired) electrons. The van der Waals surface area contributed by atoms with Gasteiger partial charge in [0, 0.05) is 5.56 Å². The van der Waals surface area contributed by atoms with E-state index in [-0.39, 0.29) is 0 Å². The minimum Gasteiger partial charge on any atom is -0.488 e. The summed E-state index contributed by atoms with van der Waals surface area (Å²) < 4.78 is 12.5. The Morgan fingerprint density at radius 1 is 1.12 bits per heavy atom. The van der Waals surface area contributed by atoms with Crippen molar-refractivity contribution in [3.05, 3.63) is 58.1 Å². The summed E-state index contributed by atoms with van der Waals surface area (Å²) in [6, 6.07) is 10.2. The Labute approximate surface area is 150 Å². The van der Waals surface area contributed by atoms with Gasteiger partial charge in [0.2, 0.25) is 0 Å². The standard InChI is InChI=1S/C22H28O3/c1-14-15(2)21-19(11-12-22(5,25-21)17(4)23)16(3)20(14)24-13-18-9-7-6-8-10-18/h6-10,17,23H,11-13H2,1-5H3. The lowest BCUT2D eigenvalue weighted by atomic mass is 9.85. The van der Waals surface area contributed by atoms with Gasteiger partial charge in [-0.15, -0.1) is 0 Å². The maximum atomic E-state index is 10.1. The first kappa shape index (κ1) is 17.8. The van der Waals surface area contributed by atoms with Crippen LogP contribution in [-0.2, 0) is 13.0 Å². The number of hydrogen-bond donors (Lipinski definition) is 1. The molecular formula is C22H28O3. The van der Waals surface area contributed by atoms with Gasteiger partial charge in [-0.05, 0) is 69.7 Å². The van der Waals surface area contributed by atoms with Crippen molar-refractivity contribution < 1.29 is 14.6 Å². The summed E-state index contributed by atoms with van der Waals surface area (Å²) in [6.45, 7) is 10.6. The van der Waals surface area contributed by atoms with Gasteiger partial charge in [0.15, 0.2) is 0 Å². The SMILES string of the molecule is Cc1c(C)c2c(c(C)c1OCc1ccccc1)CCC(C)(C(C)O)O2. The third kappa shape index (κ3) is 3.25. The molecule has 3 nitrogen and oxygen atoms in total. The summed E-state index contributed by atoms with van der Waals surface area (Å²) in [5, 5.41) is 10.1. The first-order valence-corrected chi connectivity index (χ1v) is 9.00. The monoisotopic (exact) mass is 340 g/mol. The maximum absolute atomic E-state index is 10.1. The number of benzene rings is 2. The Kier molecular flexibility index (Phi) is 4.79. The van der Waals surface area contributed by atoms with E-state index in [0.717, 1.165) is 46.6 Å². The third-order valence-electron chi connectivity index (χ3n) is 5.63. The van der Waals surface area contributed by atoms with E-state index in [2.05, 4.69) is 32.9 Å². The van der Waals surface area contributed by atoms with Crippen LogP contribution in [0.3, 0.4) is 0 Å². The predicted octanol–water partition coefficient (Wildman–Crippen LogP) is 4.66. The highest BCUT2D eigenvalue weighted by atomic mass is 16.5. The summed E-state index contributed by atoms with van der Waals surface area (Å²) in [6.07, 6.45) is 1.19. The summed E-state index contributed by atoms with van der Waals surface area (Å²) in [5.41, 5.74) is 5.22. The predicted molar refractivity (Wildman–Crippen MR) is 100 cm³/mol. The van der Waals surface area contributed by atoms with E-state index < -0.39 is 11.7 Å². The molecule has 3 rings (SSSR count). The number of hydrogen-bond acceptors (Lipinski definition) is 3. The van der Waals surface area contributed by atoms with Crippen molar-refractivity contribution >= 4 is 0 Å². The van der Waals surface area contributed by atoms with Crippen LogP contribution in [0.15, 0.2) is 30.3 Å². The topological polar surface area (TPSA) is 38.7 Å². The van der Waals surface area contributed by atoms with Gasteiger partial charge in [-0.1, -0.05) is 30.3 Å². The fraction of sp³-hybridized carbons (Fsp3) is 0.455. The van der Waals surface area contributed by atoms with Crippen LogP contribution in [0.5, 0.6) is 11.5 Å². The van der Waals surface area contributed by atoms with Crippen molar-refractivity contribution in [1.82, 2.24) is 0 Å². The number of fused-ring (bicyclic) bond motifs is 1. The Balaban J connectivity index is 1.94. The Morgan fingerprint density at radius 3 is 2.44 bits per heavy atom. The lowest BCUT2D eigenvalue weighted by molar-refractivity contribution is -0.0455. The maximum Gasteiger partial charge on any atom is 0.132 e. The van der Waals surface area contributed by atoms with Crippen molar-refractivity contribution in [2.24, 2.45) is 0 Å². The summed E-state index contributed by atoms with van der Waals surface area (Å²) in [4.78, 5) is 0. The zero-order valence-electron chi connectivity index (χ0n) is 15.8. The minimum absolute atomic E-state index is 0.505. The molecule has 3 heteroatoms. The summed E-state index contributed by atoms with van der Waals surface area (Å²) >= 11 is 0. The van der Waals surface area contributed by atoms with Crippen LogP contribution in [0.2, 0.25) is 0 Å². The Morgan fingerprint density at radius 2 is 1.80 bits per heavy atom. The van der Waals surface area contributed by atoms with E-state index in [4.69, 9.17) is 9.47 Å².